The Morgan fingerprint density at radius 1 is 1.24 bits per heavy atom. The van der Waals surface area contributed by atoms with Gasteiger partial charge in [0.05, 0.1) is 0 Å². The normalized spacial score (nSPS) is 28.7. The summed E-state index contributed by atoms with van der Waals surface area (Å²) >= 11 is 4.81. The van der Waals surface area contributed by atoms with Crippen LogP contribution in [0.4, 0.5) is 0 Å². The summed E-state index contributed by atoms with van der Waals surface area (Å²) in [5.41, 5.74) is 6.98. The molecular formula is C16H26S. The molecule has 0 nitrogen and oxygen atoms in total. The molecule has 0 N–H and O–H groups in total. The highest BCUT2D eigenvalue weighted by molar-refractivity contribution is 7.81. The van der Waals surface area contributed by atoms with Crippen molar-refractivity contribution >= 4 is 12.6 Å². The second-order valence-corrected chi connectivity index (χ2v) is 6.94. The second kappa shape index (κ2) is 5.48. The van der Waals surface area contributed by atoms with Gasteiger partial charge in [0.2, 0.25) is 0 Å². The van der Waals surface area contributed by atoms with Crippen LogP contribution in [0.1, 0.15) is 60.3 Å². The van der Waals surface area contributed by atoms with Crippen molar-refractivity contribution in [2.24, 2.45) is 0 Å². The van der Waals surface area contributed by atoms with Gasteiger partial charge in [0, 0.05) is 4.75 Å². The molecule has 1 rings (SSSR count). The maximum Gasteiger partial charge on any atom is 0.0142 e. The minimum absolute atomic E-state index is 0.123. The highest BCUT2D eigenvalue weighted by Crippen LogP contribution is 2.39. The molecule has 96 valence electrons. The van der Waals surface area contributed by atoms with E-state index in [-0.39, 0.29) is 4.75 Å². The maximum atomic E-state index is 4.81. The SMILES string of the molecule is C=C1CCCC(C)(S)C/C1=C(\C)C(C)=C(C)C. The molecule has 1 fully saturated rings. The minimum Gasteiger partial charge on any atom is -0.172 e. The van der Waals surface area contributed by atoms with E-state index in [1.165, 1.54) is 40.7 Å². The van der Waals surface area contributed by atoms with Gasteiger partial charge in [-0.15, -0.1) is 0 Å². The van der Waals surface area contributed by atoms with Gasteiger partial charge in [0.1, 0.15) is 0 Å². The molecule has 0 aromatic carbocycles. The first-order valence-corrected chi connectivity index (χ1v) is 6.94. The Labute approximate surface area is 112 Å². The lowest BCUT2D eigenvalue weighted by atomic mass is 9.89. The average molecular weight is 250 g/mol. The zero-order valence-corrected chi connectivity index (χ0v) is 12.9. The Balaban J connectivity index is 3.20. The molecule has 0 spiro atoms. The smallest absolute Gasteiger partial charge is 0.0142 e. The van der Waals surface area contributed by atoms with E-state index in [0.717, 1.165) is 12.8 Å². The molecule has 1 atom stereocenters. The first kappa shape index (κ1) is 14.6. The summed E-state index contributed by atoms with van der Waals surface area (Å²) in [5, 5.41) is 0. The summed E-state index contributed by atoms with van der Waals surface area (Å²) in [4.78, 5) is 0. The summed E-state index contributed by atoms with van der Waals surface area (Å²) in [6.07, 6.45) is 4.56. The molecule has 1 saturated carbocycles. The van der Waals surface area contributed by atoms with Gasteiger partial charge in [-0.2, -0.15) is 12.6 Å². The quantitative estimate of drug-likeness (QED) is 0.462. The molecular weight excluding hydrogens is 224 g/mol. The third-order valence-corrected chi connectivity index (χ3v) is 4.33. The van der Waals surface area contributed by atoms with E-state index < -0.39 is 0 Å². The standard InChI is InChI=1S/C16H26S/c1-11(2)13(4)14(5)15-10-16(6,17)9-7-8-12(15)3/h17H,3,7-10H2,1-2,4-6H3/b15-14-. The van der Waals surface area contributed by atoms with Crippen molar-refractivity contribution in [3.63, 3.8) is 0 Å². The van der Waals surface area contributed by atoms with Crippen molar-refractivity contribution in [3.05, 3.63) is 34.4 Å². The van der Waals surface area contributed by atoms with E-state index in [1.807, 2.05) is 0 Å². The van der Waals surface area contributed by atoms with Crippen LogP contribution < -0.4 is 0 Å². The fraction of sp³-hybridized carbons (Fsp3) is 0.625. The van der Waals surface area contributed by atoms with Gasteiger partial charge in [0.15, 0.2) is 0 Å². The van der Waals surface area contributed by atoms with Crippen molar-refractivity contribution in [3.8, 4) is 0 Å². The van der Waals surface area contributed by atoms with Crippen LogP contribution in [0.2, 0.25) is 0 Å². The Hall–Kier alpha value is -0.430. The Morgan fingerprint density at radius 3 is 2.35 bits per heavy atom. The van der Waals surface area contributed by atoms with Crippen molar-refractivity contribution in [1.29, 1.82) is 0 Å². The predicted molar refractivity (Wildman–Crippen MR) is 81.7 cm³/mol. The third kappa shape index (κ3) is 3.77. The highest BCUT2D eigenvalue weighted by atomic mass is 32.1. The van der Waals surface area contributed by atoms with Gasteiger partial charge in [-0.05, 0) is 70.1 Å². The van der Waals surface area contributed by atoms with Crippen LogP contribution in [0.15, 0.2) is 34.4 Å². The van der Waals surface area contributed by atoms with Gasteiger partial charge >= 0.3 is 0 Å². The molecule has 0 aliphatic heterocycles. The van der Waals surface area contributed by atoms with E-state index in [0.29, 0.717) is 0 Å². The lowest BCUT2D eigenvalue weighted by Crippen LogP contribution is -2.16. The molecule has 1 aliphatic rings. The zero-order chi connectivity index (χ0) is 13.2. The van der Waals surface area contributed by atoms with Gasteiger partial charge in [0.25, 0.3) is 0 Å². The molecule has 0 amide bonds. The number of allylic oxidation sites excluding steroid dienone is 5. The molecule has 1 heteroatoms. The predicted octanol–water partition coefficient (Wildman–Crippen LogP) is 5.48. The van der Waals surface area contributed by atoms with Crippen LogP contribution in [-0.2, 0) is 0 Å². The van der Waals surface area contributed by atoms with Crippen molar-refractivity contribution in [1.82, 2.24) is 0 Å². The van der Waals surface area contributed by atoms with Crippen molar-refractivity contribution < 1.29 is 0 Å². The van der Waals surface area contributed by atoms with Crippen LogP contribution in [-0.4, -0.2) is 4.75 Å². The topological polar surface area (TPSA) is 0 Å². The summed E-state index contributed by atoms with van der Waals surface area (Å²) in [6, 6.07) is 0. The third-order valence-electron chi connectivity index (χ3n) is 3.94. The highest BCUT2D eigenvalue weighted by Gasteiger charge is 2.26. The summed E-state index contributed by atoms with van der Waals surface area (Å²) < 4.78 is 0.123. The molecule has 1 aliphatic carbocycles. The van der Waals surface area contributed by atoms with Gasteiger partial charge in [-0.3, -0.25) is 0 Å². The van der Waals surface area contributed by atoms with E-state index in [2.05, 4.69) is 41.2 Å². The van der Waals surface area contributed by atoms with Crippen LogP contribution in [0.25, 0.3) is 0 Å². The number of thiol groups is 1. The average Bonchev–Trinajstić information content (AvgIpc) is 2.35. The number of hydrogen-bond acceptors (Lipinski definition) is 1. The molecule has 0 aromatic rings. The van der Waals surface area contributed by atoms with Crippen molar-refractivity contribution in [2.75, 3.05) is 0 Å². The fourth-order valence-electron chi connectivity index (χ4n) is 2.43. The molecule has 17 heavy (non-hydrogen) atoms. The fourth-order valence-corrected chi connectivity index (χ4v) is 2.74. The molecule has 0 bridgehead atoms. The monoisotopic (exact) mass is 250 g/mol. The Kier molecular flexibility index (Phi) is 4.71. The lowest BCUT2D eigenvalue weighted by Gasteiger charge is -2.23. The van der Waals surface area contributed by atoms with E-state index >= 15 is 0 Å². The molecule has 0 radical (unpaired) electrons. The zero-order valence-electron chi connectivity index (χ0n) is 12.0. The van der Waals surface area contributed by atoms with Crippen LogP contribution in [0.3, 0.4) is 0 Å². The largest absolute Gasteiger partial charge is 0.172 e. The minimum atomic E-state index is 0.123. The van der Waals surface area contributed by atoms with Gasteiger partial charge in [-0.25, -0.2) is 0 Å². The molecule has 0 saturated heterocycles. The van der Waals surface area contributed by atoms with Crippen molar-refractivity contribution in [2.45, 2.75) is 65.0 Å². The summed E-state index contributed by atoms with van der Waals surface area (Å²) in [7, 11) is 0. The first-order chi connectivity index (χ1) is 7.74. The number of hydrogen-bond donors (Lipinski definition) is 1. The maximum absolute atomic E-state index is 4.81. The van der Waals surface area contributed by atoms with Crippen LogP contribution in [0, 0.1) is 0 Å². The molecule has 0 aromatic heterocycles. The number of rotatable bonds is 1. The first-order valence-electron chi connectivity index (χ1n) is 6.49. The molecule has 1 unspecified atom stereocenters. The van der Waals surface area contributed by atoms with E-state index in [1.54, 1.807) is 0 Å². The van der Waals surface area contributed by atoms with E-state index in [9.17, 15) is 0 Å². The lowest BCUT2D eigenvalue weighted by molar-refractivity contribution is 0.586. The van der Waals surface area contributed by atoms with Crippen LogP contribution >= 0.6 is 12.6 Å². The van der Waals surface area contributed by atoms with Crippen LogP contribution in [0.5, 0.6) is 0 Å². The molecule has 0 heterocycles. The Morgan fingerprint density at radius 2 is 1.82 bits per heavy atom. The Bertz CT molecular complexity index is 376. The van der Waals surface area contributed by atoms with Gasteiger partial charge < -0.3 is 0 Å². The summed E-state index contributed by atoms with van der Waals surface area (Å²) in [5.74, 6) is 0. The van der Waals surface area contributed by atoms with E-state index in [4.69, 9.17) is 12.6 Å². The van der Waals surface area contributed by atoms with Gasteiger partial charge in [-0.1, -0.05) is 24.6 Å². The summed E-state index contributed by atoms with van der Waals surface area (Å²) in [6.45, 7) is 15.3. The second-order valence-electron chi connectivity index (χ2n) is 5.86.